The molecule has 0 atom stereocenters. The molecule has 0 aliphatic rings. The number of aromatic amines is 1. The van der Waals surface area contributed by atoms with Crippen LogP contribution < -0.4 is 30.4 Å². The van der Waals surface area contributed by atoms with E-state index in [1.165, 1.54) is 0 Å². The molecule has 0 spiro atoms. The highest BCUT2D eigenvalue weighted by molar-refractivity contribution is 6.21. The molecule has 5 N–H and O–H groups in total. The first kappa shape index (κ1) is 39.4. The third-order valence-corrected chi connectivity index (χ3v) is 10.3. The summed E-state index contributed by atoms with van der Waals surface area (Å²) in [6.07, 6.45) is 0. The van der Waals surface area contributed by atoms with Gasteiger partial charge in [0, 0.05) is 59.3 Å². The Morgan fingerprint density at radius 3 is 1.56 bits per heavy atom. The van der Waals surface area contributed by atoms with Crippen molar-refractivity contribution in [2.45, 2.75) is 19.7 Å². The van der Waals surface area contributed by atoms with Gasteiger partial charge in [0.15, 0.2) is 13.2 Å². The standard InChI is InChI=1S/C23H20N6O3.C23H19N3O3/c1-31-15-10-18-22(19(11-15)32-13-20-25-27-28-26-20)21-16(23(24)30)8-5-9-17(21)29(18)12-14-6-3-2-4-7-14;1-28-16-12-19-22(20(13-16)29-11-10-24)21-17(23(25)27)8-5-9-18(21)26(19)14-15-6-3-2-4-7-15/h2-11H,12-13H2,1H3,(H2,24,30)(H,25,26,27,28);2-9,12-13H,11,14H2,1H3,(H2,25,27). The van der Waals surface area contributed by atoms with Crippen molar-refractivity contribution in [3.8, 4) is 29.1 Å². The monoisotopic (exact) mass is 813 g/mol. The maximum Gasteiger partial charge on any atom is 0.249 e. The normalized spacial score (nSPS) is 11.0. The Balaban J connectivity index is 0.000000169. The van der Waals surface area contributed by atoms with Crippen LogP contribution >= 0.6 is 0 Å². The maximum atomic E-state index is 12.3. The number of carbonyl (C=O) groups is 2. The molecule has 304 valence electrons. The second-order valence-corrected chi connectivity index (χ2v) is 13.9. The number of nitrogens with zero attached hydrogens (tertiary/aromatic N) is 6. The summed E-state index contributed by atoms with van der Waals surface area (Å²) < 4.78 is 27.0. The zero-order valence-corrected chi connectivity index (χ0v) is 33.2. The molecule has 0 aliphatic carbocycles. The van der Waals surface area contributed by atoms with Crippen molar-refractivity contribution in [2.75, 3.05) is 20.8 Å². The maximum absolute atomic E-state index is 12.3. The van der Waals surface area contributed by atoms with Gasteiger partial charge in [0.1, 0.15) is 29.1 Å². The molecule has 15 heteroatoms. The van der Waals surface area contributed by atoms with Crippen molar-refractivity contribution in [2.24, 2.45) is 11.5 Å². The number of carbonyl (C=O) groups excluding carboxylic acids is 2. The number of nitriles is 1. The molecule has 3 heterocycles. The van der Waals surface area contributed by atoms with Crippen LogP contribution in [0.2, 0.25) is 0 Å². The number of fused-ring (bicyclic) bond motifs is 6. The van der Waals surface area contributed by atoms with E-state index in [1.54, 1.807) is 38.5 Å². The van der Waals surface area contributed by atoms with Crippen LogP contribution in [0.1, 0.15) is 37.7 Å². The Morgan fingerprint density at radius 1 is 0.639 bits per heavy atom. The molecule has 0 aliphatic heterocycles. The number of tetrazole rings is 1. The van der Waals surface area contributed by atoms with E-state index in [-0.39, 0.29) is 13.2 Å². The molecule has 6 aromatic carbocycles. The molecule has 0 unspecified atom stereocenters. The lowest BCUT2D eigenvalue weighted by Gasteiger charge is -2.11. The lowest BCUT2D eigenvalue weighted by Crippen LogP contribution is -2.11. The van der Waals surface area contributed by atoms with Gasteiger partial charge in [0.2, 0.25) is 17.6 Å². The van der Waals surface area contributed by atoms with Crippen LogP contribution in [0.3, 0.4) is 0 Å². The zero-order chi connectivity index (χ0) is 42.5. The number of ether oxygens (including phenoxy) is 4. The Morgan fingerprint density at radius 2 is 1.13 bits per heavy atom. The topological polar surface area (TPSA) is 211 Å². The van der Waals surface area contributed by atoms with Crippen molar-refractivity contribution in [1.29, 1.82) is 5.26 Å². The third-order valence-electron chi connectivity index (χ3n) is 10.3. The molecular weight excluding hydrogens is 775 g/mol. The Hall–Kier alpha value is -8.38. The molecule has 0 saturated heterocycles. The molecule has 0 bridgehead atoms. The summed E-state index contributed by atoms with van der Waals surface area (Å²) in [4.78, 5) is 24.5. The minimum Gasteiger partial charge on any atom is -0.497 e. The highest BCUT2D eigenvalue weighted by Crippen LogP contribution is 2.42. The number of primary amides is 2. The first-order valence-electron chi connectivity index (χ1n) is 19.1. The molecule has 0 fully saturated rings. The van der Waals surface area contributed by atoms with E-state index < -0.39 is 11.8 Å². The zero-order valence-electron chi connectivity index (χ0n) is 33.2. The van der Waals surface area contributed by atoms with Gasteiger partial charge in [-0.05, 0) is 35.4 Å². The van der Waals surface area contributed by atoms with Gasteiger partial charge in [-0.25, -0.2) is 0 Å². The van der Waals surface area contributed by atoms with Crippen LogP contribution in [0.25, 0.3) is 43.6 Å². The molecule has 9 aromatic rings. The lowest BCUT2D eigenvalue weighted by molar-refractivity contribution is 0.0993. The van der Waals surface area contributed by atoms with E-state index in [2.05, 4.69) is 41.9 Å². The third kappa shape index (κ3) is 7.80. The van der Waals surface area contributed by atoms with Crippen LogP contribution in [0.15, 0.2) is 121 Å². The summed E-state index contributed by atoms with van der Waals surface area (Å²) in [5.41, 5.74) is 17.9. The van der Waals surface area contributed by atoms with E-state index in [0.717, 1.165) is 49.4 Å². The van der Waals surface area contributed by atoms with Crippen molar-refractivity contribution in [3.05, 3.63) is 149 Å². The van der Waals surface area contributed by atoms with Gasteiger partial charge < -0.3 is 39.5 Å². The predicted octanol–water partition coefficient (Wildman–Crippen LogP) is 6.90. The molecule has 3 aromatic heterocycles. The molecule has 0 saturated carbocycles. The Kier molecular flexibility index (Phi) is 11.1. The number of hydrogen-bond acceptors (Lipinski definition) is 10. The quantitative estimate of drug-likeness (QED) is 0.110. The van der Waals surface area contributed by atoms with Crippen LogP contribution in [0.5, 0.6) is 23.0 Å². The lowest BCUT2D eigenvalue weighted by atomic mass is 10.1. The SMILES string of the molecule is COc1cc(OCC#N)c2c3c(C(N)=O)cccc3n(Cc3ccccc3)c2c1.COc1cc(OCc2nn[nH]n2)c2c3c(C(N)=O)cccc3n(Cc3ccccc3)c2c1. The van der Waals surface area contributed by atoms with E-state index >= 15 is 0 Å². The number of benzene rings is 6. The van der Waals surface area contributed by atoms with Crippen molar-refractivity contribution >= 4 is 55.4 Å². The number of nitrogens with two attached hydrogens (primary N) is 2. The van der Waals surface area contributed by atoms with E-state index in [0.29, 0.717) is 58.4 Å². The van der Waals surface area contributed by atoms with Gasteiger partial charge in [-0.1, -0.05) is 78.0 Å². The van der Waals surface area contributed by atoms with Crippen LogP contribution in [0, 0.1) is 11.3 Å². The summed E-state index contributed by atoms with van der Waals surface area (Å²) in [5.74, 6) is 1.62. The molecule has 2 amide bonds. The summed E-state index contributed by atoms with van der Waals surface area (Å²) in [6, 6.07) is 40.5. The average molecular weight is 814 g/mol. The minimum atomic E-state index is -0.517. The van der Waals surface area contributed by atoms with E-state index in [4.69, 9.17) is 35.7 Å². The van der Waals surface area contributed by atoms with Gasteiger partial charge in [-0.15, -0.1) is 10.2 Å². The van der Waals surface area contributed by atoms with E-state index in [9.17, 15) is 9.59 Å². The van der Waals surface area contributed by atoms with Gasteiger partial charge in [0.25, 0.3) is 0 Å². The highest BCUT2D eigenvalue weighted by Gasteiger charge is 2.23. The smallest absolute Gasteiger partial charge is 0.249 e. The number of H-pyrrole nitrogens is 1. The second kappa shape index (κ2) is 17.2. The molecular formula is C46H39N9O6. The second-order valence-electron chi connectivity index (χ2n) is 13.9. The molecule has 15 nitrogen and oxygen atoms in total. The van der Waals surface area contributed by atoms with Crippen molar-refractivity contribution < 1.29 is 28.5 Å². The number of rotatable bonds is 13. The summed E-state index contributed by atoms with van der Waals surface area (Å²) in [5, 5.41) is 25.8. The minimum absolute atomic E-state index is 0.100. The fourth-order valence-corrected chi connectivity index (χ4v) is 7.64. The first-order chi connectivity index (χ1) is 29.8. The average Bonchev–Trinajstić information content (AvgIpc) is 4.01. The fourth-order valence-electron chi connectivity index (χ4n) is 7.64. The molecule has 61 heavy (non-hydrogen) atoms. The van der Waals surface area contributed by atoms with Crippen molar-refractivity contribution in [3.63, 3.8) is 0 Å². The summed E-state index contributed by atoms with van der Waals surface area (Å²) in [6.45, 7) is 1.17. The first-order valence-corrected chi connectivity index (χ1v) is 19.1. The number of methoxy groups -OCH3 is 2. The number of hydrogen-bond donors (Lipinski definition) is 3. The number of nitrogens with one attached hydrogen (secondary N) is 1. The summed E-state index contributed by atoms with van der Waals surface area (Å²) >= 11 is 0. The number of aromatic nitrogens is 6. The van der Waals surface area contributed by atoms with Gasteiger partial charge >= 0.3 is 0 Å². The number of amides is 2. The fraction of sp³-hybridized carbons (Fsp3) is 0.130. The van der Waals surface area contributed by atoms with Crippen molar-refractivity contribution in [1.82, 2.24) is 29.8 Å². The highest BCUT2D eigenvalue weighted by atomic mass is 16.5. The van der Waals surface area contributed by atoms with E-state index in [1.807, 2.05) is 91.0 Å². The molecule has 0 radical (unpaired) electrons. The van der Waals surface area contributed by atoms with Gasteiger partial charge in [0.05, 0.1) is 47.1 Å². The van der Waals surface area contributed by atoms with Crippen LogP contribution in [-0.2, 0) is 19.7 Å². The van der Waals surface area contributed by atoms with Gasteiger partial charge in [-0.3, -0.25) is 9.59 Å². The Labute approximate surface area is 348 Å². The van der Waals surface area contributed by atoms with Crippen LogP contribution in [-0.4, -0.2) is 62.4 Å². The predicted molar refractivity (Wildman–Crippen MR) is 230 cm³/mol. The largest absolute Gasteiger partial charge is 0.497 e. The van der Waals surface area contributed by atoms with Crippen LogP contribution in [0.4, 0.5) is 0 Å². The molecule has 9 rings (SSSR count). The van der Waals surface area contributed by atoms with Gasteiger partial charge in [-0.2, -0.15) is 10.5 Å². The summed E-state index contributed by atoms with van der Waals surface area (Å²) in [7, 11) is 3.18. The Bertz CT molecular complexity index is 3080.